The van der Waals surface area contributed by atoms with Gasteiger partial charge in [-0.1, -0.05) is 29.3 Å². The topological polar surface area (TPSA) is 64.1 Å². The van der Waals surface area contributed by atoms with Crippen molar-refractivity contribution in [3.63, 3.8) is 0 Å². The summed E-state index contributed by atoms with van der Waals surface area (Å²) in [7, 11) is 1.53. The summed E-state index contributed by atoms with van der Waals surface area (Å²) in [6.45, 7) is 0. The number of anilines is 1. The summed E-state index contributed by atoms with van der Waals surface area (Å²) in [6.07, 6.45) is 4.65. The van der Waals surface area contributed by atoms with Gasteiger partial charge < -0.3 is 10.1 Å². The molecule has 0 radical (unpaired) electrons. The van der Waals surface area contributed by atoms with E-state index in [4.69, 9.17) is 27.9 Å². The SMILES string of the molecule is COc1cncc(NC(=O)c2cc(-c3ccc(Cl)c(Cl)c3)ccn2)c1. The first-order chi connectivity index (χ1) is 12.1. The molecule has 0 fully saturated rings. The first-order valence-electron chi connectivity index (χ1n) is 7.28. The van der Waals surface area contributed by atoms with E-state index in [1.165, 1.54) is 13.3 Å². The van der Waals surface area contributed by atoms with Gasteiger partial charge in [-0.2, -0.15) is 0 Å². The van der Waals surface area contributed by atoms with Gasteiger partial charge in [-0.15, -0.1) is 0 Å². The zero-order valence-corrected chi connectivity index (χ0v) is 14.7. The molecule has 3 aromatic rings. The Labute approximate surface area is 154 Å². The summed E-state index contributed by atoms with van der Waals surface area (Å²) in [5, 5.41) is 3.66. The maximum atomic E-state index is 12.4. The molecule has 5 nitrogen and oxygen atoms in total. The number of hydrogen-bond donors (Lipinski definition) is 1. The Balaban J connectivity index is 1.85. The van der Waals surface area contributed by atoms with Gasteiger partial charge in [0.15, 0.2) is 0 Å². The van der Waals surface area contributed by atoms with Crippen LogP contribution in [0.3, 0.4) is 0 Å². The number of aromatic nitrogens is 2. The molecule has 2 heterocycles. The highest BCUT2D eigenvalue weighted by molar-refractivity contribution is 6.42. The van der Waals surface area contributed by atoms with Crippen LogP contribution in [0.15, 0.2) is 55.0 Å². The van der Waals surface area contributed by atoms with Crippen LogP contribution in [0.4, 0.5) is 5.69 Å². The van der Waals surface area contributed by atoms with Gasteiger partial charge in [0.2, 0.25) is 0 Å². The largest absolute Gasteiger partial charge is 0.495 e. The molecule has 0 aliphatic heterocycles. The maximum absolute atomic E-state index is 12.4. The molecule has 0 aliphatic carbocycles. The third-order valence-corrected chi connectivity index (χ3v) is 4.19. The molecule has 0 saturated carbocycles. The van der Waals surface area contributed by atoms with Crippen molar-refractivity contribution in [2.45, 2.75) is 0 Å². The lowest BCUT2D eigenvalue weighted by molar-refractivity contribution is 0.102. The Morgan fingerprint density at radius 3 is 2.60 bits per heavy atom. The molecule has 0 bridgehead atoms. The number of benzene rings is 1. The van der Waals surface area contributed by atoms with E-state index in [-0.39, 0.29) is 11.6 Å². The second kappa shape index (κ2) is 7.51. The van der Waals surface area contributed by atoms with Crippen molar-refractivity contribution in [2.24, 2.45) is 0 Å². The molecule has 7 heteroatoms. The molecule has 25 heavy (non-hydrogen) atoms. The molecule has 1 N–H and O–H groups in total. The number of rotatable bonds is 4. The highest BCUT2D eigenvalue weighted by Crippen LogP contribution is 2.28. The minimum Gasteiger partial charge on any atom is -0.495 e. The second-order valence-electron chi connectivity index (χ2n) is 5.13. The number of halogens is 2. The van der Waals surface area contributed by atoms with Gasteiger partial charge in [-0.25, -0.2) is 0 Å². The van der Waals surface area contributed by atoms with E-state index < -0.39 is 0 Å². The fraction of sp³-hybridized carbons (Fsp3) is 0.0556. The summed E-state index contributed by atoms with van der Waals surface area (Å²) >= 11 is 12.0. The van der Waals surface area contributed by atoms with Crippen LogP contribution in [0.5, 0.6) is 5.75 Å². The minimum atomic E-state index is -0.350. The molecular weight excluding hydrogens is 361 g/mol. The average molecular weight is 374 g/mol. The van der Waals surface area contributed by atoms with E-state index >= 15 is 0 Å². The highest BCUT2D eigenvalue weighted by Gasteiger charge is 2.11. The van der Waals surface area contributed by atoms with Crippen molar-refractivity contribution in [3.8, 4) is 16.9 Å². The third-order valence-electron chi connectivity index (χ3n) is 3.45. The molecule has 0 unspecified atom stereocenters. The van der Waals surface area contributed by atoms with Crippen LogP contribution in [0.1, 0.15) is 10.5 Å². The molecule has 0 atom stereocenters. The van der Waals surface area contributed by atoms with Crippen molar-refractivity contribution in [1.82, 2.24) is 9.97 Å². The van der Waals surface area contributed by atoms with Gasteiger partial charge in [-0.05, 0) is 35.4 Å². The lowest BCUT2D eigenvalue weighted by Crippen LogP contribution is -2.13. The molecule has 3 rings (SSSR count). The first-order valence-corrected chi connectivity index (χ1v) is 8.04. The van der Waals surface area contributed by atoms with Crippen molar-refractivity contribution in [3.05, 3.63) is 70.7 Å². The predicted octanol–water partition coefficient (Wildman–Crippen LogP) is 4.71. The quantitative estimate of drug-likeness (QED) is 0.718. The van der Waals surface area contributed by atoms with Gasteiger partial charge in [0, 0.05) is 12.3 Å². The molecule has 0 spiro atoms. The zero-order chi connectivity index (χ0) is 17.8. The van der Waals surface area contributed by atoms with E-state index in [0.717, 1.165) is 11.1 Å². The minimum absolute atomic E-state index is 0.270. The molecule has 2 aromatic heterocycles. The normalized spacial score (nSPS) is 10.4. The molecule has 1 aromatic carbocycles. The van der Waals surface area contributed by atoms with E-state index in [1.807, 2.05) is 6.07 Å². The number of hydrogen-bond acceptors (Lipinski definition) is 4. The number of methoxy groups -OCH3 is 1. The summed E-state index contributed by atoms with van der Waals surface area (Å²) in [5.41, 5.74) is 2.44. The number of carbonyl (C=O) groups excluding carboxylic acids is 1. The van der Waals surface area contributed by atoms with E-state index in [9.17, 15) is 4.79 Å². The van der Waals surface area contributed by atoms with Gasteiger partial charge in [0.05, 0.1) is 35.2 Å². The van der Waals surface area contributed by atoms with Gasteiger partial charge >= 0.3 is 0 Å². The van der Waals surface area contributed by atoms with Gasteiger partial charge in [0.1, 0.15) is 11.4 Å². The Kier molecular flexibility index (Phi) is 5.16. The maximum Gasteiger partial charge on any atom is 0.274 e. The molecule has 126 valence electrons. The Morgan fingerprint density at radius 1 is 1.04 bits per heavy atom. The van der Waals surface area contributed by atoms with Crippen molar-refractivity contribution >= 4 is 34.8 Å². The van der Waals surface area contributed by atoms with Crippen LogP contribution in [0, 0.1) is 0 Å². The fourth-order valence-corrected chi connectivity index (χ4v) is 2.50. The fourth-order valence-electron chi connectivity index (χ4n) is 2.20. The van der Waals surface area contributed by atoms with Crippen LogP contribution in [0.25, 0.3) is 11.1 Å². The molecule has 0 aliphatic rings. The zero-order valence-electron chi connectivity index (χ0n) is 13.2. The second-order valence-corrected chi connectivity index (χ2v) is 5.94. The molecule has 1 amide bonds. The van der Waals surface area contributed by atoms with Crippen molar-refractivity contribution in [1.29, 1.82) is 0 Å². The third kappa shape index (κ3) is 4.07. The highest BCUT2D eigenvalue weighted by atomic mass is 35.5. The molecule has 0 saturated heterocycles. The Morgan fingerprint density at radius 2 is 1.84 bits per heavy atom. The number of carbonyl (C=O) groups is 1. The smallest absolute Gasteiger partial charge is 0.274 e. The Bertz CT molecular complexity index is 932. The number of amides is 1. The van der Waals surface area contributed by atoms with E-state index in [2.05, 4.69) is 15.3 Å². The lowest BCUT2D eigenvalue weighted by atomic mass is 10.1. The van der Waals surface area contributed by atoms with Crippen LogP contribution >= 0.6 is 23.2 Å². The summed E-state index contributed by atoms with van der Waals surface area (Å²) in [5.74, 6) is 0.201. The van der Waals surface area contributed by atoms with Gasteiger partial charge in [-0.3, -0.25) is 14.8 Å². The van der Waals surface area contributed by atoms with Crippen LogP contribution in [-0.4, -0.2) is 23.0 Å². The number of ether oxygens (including phenoxy) is 1. The van der Waals surface area contributed by atoms with Crippen LogP contribution < -0.4 is 10.1 Å². The number of nitrogens with zero attached hydrogens (tertiary/aromatic N) is 2. The first kappa shape index (κ1) is 17.2. The Hall–Kier alpha value is -2.63. The van der Waals surface area contributed by atoms with Crippen LogP contribution in [0.2, 0.25) is 10.0 Å². The van der Waals surface area contributed by atoms with Crippen molar-refractivity contribution < 1.29 is 9.53 Å². The summed E-state index contributed by atoms with van der Waals surface area (Å²) in [6, 6.07) is 10.4. The molecular formula is C18H13Cl2N3O2. The van der Waals surface area contributed by atoms with Crippen molar-refractivity contribution in [2.75, 3.05) is 12.4 Å². The average Bonchev–Trinajstić information content (AvgIpc) is 2.64. The number of nitrogens with one attached hydrogen (secondary N) is 1. The summed E-state index contributed by atoms with van der Waals surface area (Å²) < 4.78 is 5.09. The predicted molar refractivity (Wildman–Crippen MR) is 98.4 cm³/mol. The van der Waals surface area contributed by atoms with Gasteiger partial charge in [0.25, 0.3) is 5.91 Å². The van der Waals surface area contributed by atoms with E-state index in [1.54, 1.807) is 42.7 Å². The summed E-state index contributed by atoms with van der Waals surface area (Å²) in [4.78, 5) is 20.5. The van der Waals surface area contributed by atoms with Crippen LogP contribution in [-0.2, 0) is 0 Å². The standard InChI is InChI=1S/C18H13Cl2N3O2/c1-25-14-8-13(9-21-10-14)23-18(24)17-7-12(4-5-22-17)11-2-3-15(19)16(20)6-11/h2-10H,1H3,(H,23,24). The lowest BCUT2D eigenvalue weighted by Gasteiger charge is -2.08. The number of pyridine rings is 2. The monoisotopic (exact) mass is 373 g/mol. The van der Waals surface area contributed by atoms with E-state index in [0.29, 0.717) is 21.5 Å².